The molecule has 7 aliphatic heterocycles. The van der Waals surface area contributed by atoms with Crippen molar-refractivity contribution in [3.8, 4) is 97.1 Å². The summed E-state index contributed by atoms with van der Waals surface area (Å²) in [6.45, 7) is 19.3. The molecule has 19 nitrogen and oxygen atoms in total. The van der Waals surface area contributed by atoms with E-state index >= 15 is 0 Å². The number of likely N-dealkylation sites (tertiary alicyclic amines) is 1. The zero-order valence-corrected chi connectivity index (χ0v) is 59.0. The summed E-state index contributed by atoms with van der Waals surface area (Å²) < 4.78 is 32.9. The van der Waals surface area contributed by atoms with E-state index in [1.165, 1.54) is 83.2 Å². The Balaban J connectivity index is 0.000000115. The lowest BCUT2D eigenvalue weighted by Gasteiger charge is -2.47. The topological polar surface area (TPSA) is 166 Å². The number of aryl methyl sites for hydroxylation is 1. The van der Waals surface area contributed by atoms with Gasteiger partial charge in [0.05, 0.1) is 70.1 Å². The van der Waals surface area contributed by atoms with Crippen molar-refractivity contribution in [2.45, 2.75) is 52.4 Å². The molecule has 0 amide bonds. The van der Waals surface area contributed by atoms with Crippen molar-refractivity contribution in [2.24, 2.45) is 11.3 Å². The van der Waals surface area contributed by atoms with Gasteiger partial charge >= 0.3 is 0 Å². The molecule has 12 aromatic rings. The highest BCUT2D eigenvalue weighted by molar-refractivity contribution is 5.76. The summed E-state index contributed by atoms with van der Waals surface area (Å²) in [5.41, 5.74) is 23.8. The number of fused-ring (bicyclic) bond motifs is 15. The number of halogens is 1. The minimum absolute atomic E-state index is 0.202. The van der Waals surface area contributed by atoms with E-state index in [0.29, 0.717) is 22.5 Å². The average Bonchev–Trinajstić information content (AvgIpc) is 1.64. The standard InChI is InChI=1S/C28H28FN5.C28H28N6.C27H27N7O/c1-2-31-17-28(18-31)9-11-32(19-28)24-7-8-25-22(13-24)16-33-15-21(20-3-5-23(29)6-4-20)14-26(33)27-30-10-12-34(25)27;1-19-14-31-28-27-12-23(22-5-3-20(13-29)4-6-22)17-33(27)18-24-11-25(7-8-26(24)34(19)28)32-10-9-21(16-32)15-30-2;1-31(2)16-24-17-32(9-10-35-24)23-7-8-25-22(11-23)15-33-14-21(20-5-3-19(13-28)4-6-20)12-26(33)27-30-29-18-34(25)27/h3-8,10,12-15H,2,9,11,16-19H2,1H3;3-8,11-12,14,17,21,30H,9-10,15-16,18H2,1-2H3;3-8,11-12,14,18,24H,9-10,15-17H2,1-2H3/t;;24-/m..1/s1. The van der Waals surface area contributed by atoms with Crippen LogP contribution in [0.15, 0.2) is 189 Å². The molecular weight excluding hydrogens is 1280 g/mol. The second-order valence-electron chi connectivity index (χ2n) is 29.1. The molecule has 1 N–H and O–H groups in total. The Morgan fingerprint density at radius 2 is 1.16 bits per heavy atom. The number of imidazole rings is 2. The molecule has 19 rings (SSSR count). The van der Waals surface area contributed by atoms with Crippen molar-refractivity contribution < 1.29 is 9.13 Å². The number of aromatic nitrogens is 10. The van der Waals surface area contributed by atoms with E-state index in [0.717, 1.165) is 164 Å². The van der Waals surface area contributed by atoms with Crippen LogP contribution in [0.1, 0.15) is 53.3 Å². The summed E-state index contributed by atoms with van der Waals surface area (Å²) >= 11 is 0. The first-order valence-electron chi connectivity index (χ1n) is 36.0. The van der Waals surface area contributed by atoms with Gasteiger partial charge in [0.15, 0.2) is 17.5 Å². The molecule has 13 heterocycles. The van der Waals surface area contributed by atoms with Crippen LogP contribution in [-0.2, 0) is 24.4 Å². The molecule has 6 aromatic carbocycles. The Morgan fingerprint density at radius 3 is 1.75 bits per heavy atom. The van der Waals surface area contributed by atoms with Gasteiger partial charge < -0.3 is 48.3 Å². The molecule has 518 valence electrons. The Hall–Kier alpha value is -11.1. The molecule has 6 aromatic heterocycles. The third-order valence-electron chi connectivity index (χ3n) is 21.9. The lowest BCUT2D eigenvalue weighted by molar-refractivity contribution is 0.0232. The summed E-state index contributed by atoms with van der Waals surface area (Å²) in [4.78, 5) is 21.8. The van der Waals surface area contributed by atoms with Gasteiger partial charge in [-0.2, -0.15) is 10.5 Å². The molecule has 4 saturated heterocycles. The van der Waals surface area contributed by atoms with Crippen molar-refractivity contribution in [1.29, 1.82) is 10.5 Å². The van der Waals surface area contributed by atoms with Crippen LogP contribution in [0.2, 0.25) is 0 Å². The fourth-order valence-corrected chi connectivity index (χ4v) is 16.7. The summed E-state index contributed by atoms with van der Waals surface area (Å²) in [7, 11) is 6.21. The van der Waals surface area contributed by atoms with Crippen LogP contribution in [0, 0.1) is 46.7 Å². The molecule has 1 spiro atoms. The first kappa shape index (κ1) is 65.2. The number of nitrogens with one attached hydrogen (secondary N) is 1. The van der Waals surface area contributed by atoms with E-state index in [9.17, 15) is 4.39 Å². The van der Waals surface area contributed by atoms with Gasteiger partial charge in [0.25, 0.3) is 0 Å². The largest absolute Gasteiger partial charge is 0.373 e. The van der Waals surface area contributed by atoms with Crippen molar-refractivity contribution in [2.75, 3.05) is 114 Å². The number of rotatable bonds is 11. The molecule has 2 atom stereocenters. The number of ether oxygens (including phenoxy) is 1. The maximum absolute atomic E-state index is 13.5. The number of benzene rings is 6. The van der Waals surface area contributed by atoms with Crippen LogP contribution in [0.25, 0.3) is 85.0 Å². The molecule has 0 aliphatic carbocycles. The molecular formula is C83H83FN18O. The van der Waals surface area contributed by atoms with Gasteiger partial charge in [-0.1, -0.05) is 43.3 Å². The Kier molecular flexibility index (Phi) is 17.1. The van der Waals surface area contributed by atoms with Crippen LogP contribution < -0.4 is 20.0 Å². The molecule has 1 unspecified atom stereocenters. The van der Waals surface area contributed by atoms with Gasteiger partial charge in [0, 0.05) is 161 Å². The molecule has 4 fully saturated rings. The first-order chi connectivity index (χ1) is 50.3. The van der Waals surface area contributed by atoms with Crippen LogP contribution >= 0.6 is 0 Å². The molecule has 7 aliphatic rings. The Bertz CT molecular complexity index is 5220. The lowest BCUT2D eigenvalue weighted by Crippen LogP contribution is -2.57. The number of hydrogen-bond donors (Lipinski definition) is 1. The molecule has 20 heteroatoms. The Morgan fingerprint density at radius 1 is 0.602 bits per heavy atom. The van der Waals surface area contributed by atoms with Gasteiger partial charge in [-0.05, 0) is 202 Å². The minimum atomic E-state index is -0.213. The number of nitrogens with zero attached hydrogens (tertiary/aromatic N) is 17. The van der Waals surface area contributed by atoms with Crippen LogP contribution in [0.5, 0.6) is 0 Å². The first-order valence-corrected chi connectivity index (χ1v) is 36.0. The minimum Gasteiger partial charge on any atom is -0.373 e. The zero-order valence-electron chi connectivity index (χ0n) is 59.0. The second-order valence-corrected chi connectivity index (χ2v) is 29.1. The van der Waals surface area contributed by atoms with Crippen molar-refractivity contribution in [3.63, 3.8) is 0 Å². The van der Waals surface area contributed by atoms with Gasteiger partial charge in [-0.25, -0.2) is 14.4 Å². The third-order valence-corrected chi connectivity index (χ3v) is 21.9. The van der Waals surface area contributed by atoms with Gasteiger partial charge in [0.2, 0.25) is 0 Å². The highest BCUT2D eigenvalue weighted by atomic mass is 19.1. The van der Waals surface area contributed by atoms with Crippen LogP contribution in [-0.4, -0.2) is 163 Å². The maximum Gasteiger partial charge on any atom is 0.185 e. The molecule has 0 radical (unpaired) electrons. The SMILES string of the molecule is CCN1CC2(CCN(c3ccc4c(c3)Cn3cc(-c5ccc(F)cc5)cc3-c3nccn3-4)C2)C1.CN(C)C[C@@H]1CN(c2ccc3c(c2)Cn2cc(-c4ccc(C#N)cc4)cc2-c2nncn2-3)CCO1.CNCC1CCN(c2ccc3c(c2)Cn2cc(-c4ccc(C#N)cc4)cc2-c2ncc(C)n2-3)C1. The highest BCUT2D eigenvalue weighted by Gasteiger charge is 2.47. The Labute approximate surface area is 600 Å². The van der Waals surface area contributed by atoms with E-state index in [1.54, 1.807) is 6.33 Å². The molecule has 0 bridgehead atoms. The van der Waals surface area contributed by atoms with Crippen LogP contribution in [0.4, 0.5) is 21.5 Å². The number of nitriles is 2. The number of hydrogen-bond acceptors (Lipinski definition) is 13. The maximum atomic E-state index is 13.5. The van der Waals surface area contributed by atoms with E-state index in [2.05, 4.69) is 199 Å². The number of likely N-dealkylation sites (N-methyl/N-ethyl adjacent to an activating group) is 1. The molecule has 0 saturated carbocycles. The normalized spacial score (nSPS) is 17.2. The predicted octanol–water partition coefficient (Wildman–Crippen LogP) is 13.0. The monoisotopic (exact) mass is 1370 g/mol. The van der Waals surface area contributed by atoms with Crippen LogP contribution in [0.3, 0.4) is 0 Å². The highest BCUT2D eigenvalue weighted by Crippen LogP contribution is 2.44. The number of anilines is 3. The quantitative estimate of drug-likeness (QED) is 0.130. The van der Waals surface area contributed by atoms with E-state index in [-0.39, 0.29) is 11.9 Å². The zero-order chi connectivity index (χ0) is 70.0. The summed E-state index contributed by atoms with van der Waals surface area (Å²) in [6.07, 6.45) is 16.9. The fraction of sp³-hybridized carbons (Fsp3) is 0.301. The van der Waals surface area contributed by atoms with E-state index < -0.39 is 0 Å². The summed E-state index contributed by atoms with van der Waals surface area (Å²) in [5, 5.41) is 30.3. The number of morpholine rings is 1. The van der Waals surface area contributed by atoms with Crippen molar-refractivity contribution in [1.82, 2.24) is 62.7 Å². The molecule has 103 heavy (non-hydrogen) atoms. The van der Waals surface area contributed by atoms with E-state index in [1.807, 2.05) is 86.3 Å². The van der Waals surface area contributed by atoms with Gasteiger partial charge in [-0.15, -0.1) is 10.2 Å². The van der Waals surface area contributed by atoms with Crippen molar-refractivity contribution in [3.05, 3.63) is 228 Å². The smallest absolute Gasteiger partial charge is 0.185 e. The second kappa shape index (κ2) is 27.0. The summed E-state index contributed by atoms with van der Waals surface area (Å²) in [6, 6.07) is 53.6. The predicted molar refractivity (Wildman–Crippen MR) is 403 cm³/mol. The summed E-state index contributed by atoms with van der Waals surface area (Å²) in [5.74, 6) is 3.23. The third kappa shape index (κ3) is 12.5. The van der Waals surface area contributed by atoms with Crippen molar-refractivity contribution >= 4 is 17.1 Å². The van der Waals surface area contributed by atoms with E-state index in [4.69, 9.17) is 25.2 Å². The van der Waals surface area contributed by atoms with Gasteiger partial charge in [0.1, 0.15) is 12.1 Å². The fourth-order valence-electron chi connectivity index (χ4n) is 16.7. The lowest BCUT2D eigenvalue weighted by atomic mass is 9.79. The average molecular weight is 1370 g/mol. The van der Waals surface area contributed by atoms with Gasteiger partial charge in [-0.3, -0.25) is 13.7 Å².